The van der Waals surface area contributed by atoms with Gasteiger partial charge in [-0.15, -0.1) is 0 Å². The van der Waals surface area contributed by atoms with E-state index in [1.807, 2.05) is 40.2 Å². The van der Waals surface area contributed by atoms with E-state index in [0.29, 0.717) is 30.3 Å². The van der Waals surface area contributed by atoms with E-state index in [0.717, 1.165) is 62.1 Å². The second-order valence-electron chi connectivity index (χ2n) is 13.7. The van der Waals surface area contributed by atoms with Crippen molar-refractivity contribution in [2.24, 2.45) is 17.8 Å². The first-order chi connectivity index (χ1) is 20.5. The van der Waals surface area contributed by atoms with Crippen molar-refractivity contribution in [3.63, 3.8) is 0 Å². The van der Waals surface area contributed by atoms with E-state index in [1.54, 1.807) is 18.2 Å². The van der Waals surface area contributed by atoms with Crippen LogP contribution in [0.25, 0.3) is 0 Å². The molecule has 3 atom stereocenters. The summed E-state index contributed by atoms with van der Waals surface area (Å²) < 4.78 is 67.1. The fourth-order valence-electron chi connectivity index (χ4n) is 6.71. The van der Waals surface area contributed by atoms with Gasteiger partial charge < -0.3 is 4.74 Å². The van der Waals surface area contributed by atoms with E-state index in [-0.39, 0.29) is 35.6 Å². The van der Waals surface area contributed by atoms with E-state index >= 15 is 4.39 Å². The molecule has 1 fully saturated rings. The van der Waals surface area contributed by atoms with Gasteiger partial charge in [-0.3, -0.25) is 4.21 Å². The van der Waals surface area contributed by atoms with Crippen LogP contribution in [0.2, 0.25) is 0 Å². The average Bonchev–Trinajstić information content (AvgIpc) is 2.98. The van der Waals surface area contributed by atoms with Crippen LogP contribution < -0.4 is 0 Å². The fourth-order valence-corrected chi connectivity index (χ4v) is 9.48. The summed E-state index contributed by atoms with van der Waals surface area (Å²) in [5, 5.41) is 0. The van der Waals surface area contributed by atoms with Crippen molar-refractivity contribution in [3.05, 3.63) is 70.6 Å². The summed E-state index contributed by atoms with van der Waals surface area (Å²) in [7, 11) is -2.79. The van der Waals surface area contributed by atoms with Crippen LogP contribution in [0.1, 0.15) is 104 Å². The molecule has 1 heterocycles. The molecule has 3 nitrogen and oxygen atoms in total. The second-order valence-corrected chi connectivity index (χ2v) is 18.6. The van der Waals surface area contributed by atoms with Gasteiger partial charge in [0.1, 0.15) is 5.83 Å². The van der Waals surface area contributed by atoms with Crippen LogP contribution >= 0.6 is 0 Å². The molecule has 7 heteroatoms. The molecule has 1 saturated heterocycles. The van der Waals surface area contributed by atoms with E-state index < -0.39 is 15.2 Å². The molecule has 1 aliphatic rings. The number of benzene rings is 1. The highest BCUT2D eigenvalue weighted by Crippen LogP contribution is 2.41. The Morgan fingerprint density at radius 3 is 2.18 bits per heavy atom. The predicted molar refractivity (Wildman–Crippen MR) is 184 cm³/mol. The maximum atomic E-state index is 16.6. The zero-order valence-corrected chi connectivity index (χ0v) is 29.8. The molecule has 1 aromatic carbocycles. The highest BCUT2D eigenvalue weighted by molar-refractivity contribution is 8.16. The van der Waals surface area contributed by atoms with Gasteiger partial charge in [-0.2, -0.15) is 0 Å². The SMILES string of the molecule is C=C/C(C)=C(\C(F)=C(/C)C(C)C(COCCC)c1ccc(C(F)(F)CC)cc1)C(C)CC1CCN(S(C)(C)(=O)CCC)CC1. The normalized spacial score (nSPS) is 19.8. The Morgan fingerprint density at radius 1 is 1.09 bits per heavy atom. The maximum Gasteiger partial charge on any atom is 0.273 e. The van der Waals surface area contributed by atoms with Gasteiger partial charge in [-0.05, 0) is 86.0 Å². The number of nitrogens with zero attached hydrogens (tertiary/aromatic N) is 1. The van der Waals surface area contributed by atoms with Crippen molar-refractivity contribution in [2.75, 3.05) is 44.6 Å². The molecular weight excluding hydrogens is 579 g/mol. The standard InChI is InChI=1S/C37H60F3NO2S/c1-11-23-43-26-34(32-15-17-33(18-16-32)37(39,40)14-4)29(7)30(8)36(38)35(27(5)13-3)28(6)25-31-19-21-41(22-20-31)44(9,10,42)24-12-2/h13,15-18,28-29,31,34H,3,11-12,14,19-26H2,1-2,4-10H3/b35-27-,36-30-. The number of rotatable bonds is 17. The largest absolute Gasteiger partial charge is 0.381 e. The first-order valence-electron chi connectivity index (χ1n) is 16.6. The van der Waals surface area contributed by atoms with Crippen LogP contribution in [0.15, 0.2) is 59.5 Å². The Kier molecular flexibility index (Phi) is 14.2. The summed E-state index contributed by atoms with van der Waals surface area (Å²) in [5.41, 5.74) is 3.02. The Balaban J connectivity index is 2.33. The molecule has 0 radical (unpaired) electrons. The van der Waals surface area contributed by atoms with Crippen molar-refractivity contribution in [1.29, 1.82) is 0 Å². The Bertz CT molecular complexity index is 1210. The van der Waals surface area contributed by atoms with Crippen molar-refractivity contribution in [1.82, 2.24) is 4.31 Å². The predicted octanol–water partition coefficient (Wildman–Crippen LogP) is 10.2. The topological polar surface area (TPSA) is 29.5 Å². The van der Waals surface area contributed by atoms with Crippen LogP contribution in [0.3, 0.4) is 0 Å². The highest BCUT2D eigenvalue weighted by atomic mass is 32.3. The number of allylic oxidation sites excluding steroid dienone is 5. The van der Waals surface area contributed by atoms with E-state index in [1.165, 1.54) is 19.1 Å². The van der Waals surface area contributed by atoms with Gasteiger partial charge in [0, 0.05) is 55.9 Å². The number of hydrogen-bond donors (Lipinski definition) is 0. The lowest BCUT2D eigenvalue weighted by molar-refractivity contribution is -0.00831. The summed E-state index contributed by atoms with van der Waals surface area (Å²) in [6.45, 7) is 20.0. The number of halogens is 3. The molecule has 0 N–H and O–H groups in total. The smallest absolute Gasteiger partial charge is 0.273 e. The summed E-state index contributed by atoms with van der Waals surface area (Å²) in [5.74, 6) is -2.35. The number of hydrogen-bond acceptors (Lipinski definition) is 2. The third kappa shape index (κ3) is 9.90. The van der Waals surface area contributed by atoms with Gasteiger partial charge >= 0.3 is 0 Å². The molecule has 0 aromatic heterocycles. The number of ether oxygens (including phenoxy) is 1. The molecule has 2 rings (SSSR count). The summed E-state index contributed by atoms with van der Waals surface area (Å²) in [6, 6.07) is 6.48. The minimum absolute atomic E-state index is 0.00395. The third-order valence-corrected chi connectivity index (χ3v) is 13.3. The molecule has 44 heavy (non-hydrogen) atoms. The maximum absolute atomic E-state index is 16.6. The molecule has 3 unspecified atom stereocenters. The van der Waals surface area contributed by atoms with Gasteiger partial charge in [0.15, 0.2) is 0 Å². The highest BCUT2D eigenvalue weighted by Gasteiger charge is 2.36. The molecule has 0 saturated carbocycles. The average molecular weight is 640 g/mol. The molecule has 0 aliphatic carbocycles. The minimum Gasteiger partial charge on any atom is -0.381 e. The first-order valence-corrected chi connectivity index (χ1v) is 19.5. The Morgan fingerprint density at radius 2 is 1.68 bits per heavy atom. The second kappa shape index (κ2) is 16.2. The fraction of sp³-hybridized carbons (Fsp3) is 0.676. The monoisotopic (exact) mass is 639 g/mol. The van der Waals surface area contributed by atoms with Crippen molar-refractivity contribution >= 4 is 9.25 Å². The molecule has 0 spiro atoms. The van der Waals surface area contributed by atoms with Crippen LogP contribution in [-0.2, 0) is 19.9 Å². The minimum atomic E-state index is -2.88. The molecule has 0 amide bonds. The summed E-state index contributed by atoms with van der Waals surface area (Å²) in [6.07, 6.45) is 9.86. The molecule has 252 valence electrons. The van der Waals surface area contributed by atoms with E-state index in [2.05, 4.69) is 24.7 Å². The third-order valence-electron chi connectivity index (χ3n) is 9.80. The molecule has 1 aliphatic heterocycles. The lowest BCUT2D eigenvalue weighted by atomic mass is 9.79. The van der Waals surface area contributed by atoms with Gasteiger partial charge in [-0.1, -0.05) is 80.8 Å². The number of alkyl halides is 2. The van der Waals surface area contributed by atoms with Crippen molar-refractivity contribution in [3.8, 4) is 0 Å². The van der Waals surface area contributed by atoms with Gasteiger partial charge in [0.05, 0.1) is 6.61 Å². The quantitative estimate of drug-likeness (QED) is 0.125. The lowest BCUT2D eigenvalue weighted by Gasteiger charge is -2.48. The Labute approximate surface area is 266 Å². The Hall–Kier alpha value is -1.70. The molecule has 0 bridgehead atoms. The van der Waals surface area contributed by atoms with Crippen molar-refractivity contribution < 1.29 is 22.1 Å². The van der Waals surface area contributed by atoms with Gasteiger partial charge in [0.2, 0.25) is 0 Å². The van der Waals surface area contributed by atoms with Crippen LogP contribution in [0, 0.1) is 17.8 Å². The summed E-state index contributed by atoms with van der Waals surface area (Å²) in [4.78, 5) is 0. The lowest BCUT2D eigenvalue weighted by Crippen LogP contribution is -2.54. The zero-order valence-electron chi connectivity index (χ0n) is 29.0. The number of piperidine rings is 1. The molecular formula is C37H60F3NO2S. The van der Waals surface area contributed by atoms with Gasteiger partial charge in [0.25, 0.3) is 5.92 Å². The summed E-state index contributed by atoms with van der Waals surface area (Å²) >= 11 is 0. The van der Waals surface area contributed by atoms with Crippen molar-refractivity contribution in [2.45, 2.75) is 98.8 Å². The first kappa shape index (κ1) is 38.5. The zero-order chi connectivity index (χ0) is 33.3. The van der Waals surface area contributed by atoms with Crippen LogP contribution in [0.5, 0.6) is 0 Å². The van der Waals surface area contributed by atoms with Crippen LogP contribution in [-0.4, -0.2) is 53.1 Å². The van der Waals surface area contributed by atoms with Crippen LogP contribution in [0.4, 0.5) is 13.2 Å². The van der Waals surface area contributed by atoms with E-state index in [4.69, 9.17) is 4.74 Å². The van der Waals surface area contributed by atoms with Gasteiger partial charge in [-0.25, -0.2) is 17.5 Å². The molecule has 1 aromatic rings. The van der Waals surface area contributed by atoms with E-state index in [9.17, 15) is 13.0 Å².